The van der Waals surface area contributed by atoms with E-state index < -0.39 is 0 Å². The Morgan fingerprint density at radius 3 is 2.88 bits per heavy atom. The molecule has 1 amide bonds. The van der Waals surface area contributed by atoms with Crippen LogP contribution < -0.4 is 4.74 Å². The van der Waals surface area contributed by atoms with Crippen molar-refractivity contribution in [3.8, 4) is 5.88 Å². The number of hydrogen-bond acceptors (Lipinski definition) is 4. The average Bonchev–Trinajstić information content (AvgIpc) is 3.05. The number of aromatic nitrogens is 2. The van der Waals surface area contributed by atoms with Gasteiger partial charge in [0.1, 0.15) is 6.10 Å². The van der Waals surface area contributed by atoms with Crippen molar-refractivity contribution in [1.82, 2.24) is 15.1 Å². The molecule has 1 aliphatic heterocycles. The van der Waals surface area contributed by atoms with Crippen LogP contribution in [0.15, 0.2) is 42.5 Å². The SMILES string of the molecule is Cc1ccc(OC2CCN(C(=O)/C=C/c3ccccc3Cl)C2)nn1. The highest BCUT2D eigenvalue weighted by Gasteiger charge is 2.26. The van der Waals surface area contributed by atoms with Crippen LogP contribution in [0.1, 0.15) is 17.7 Å². The van der Waals surface area contributed by atoms with E-state index in [2.05, 4.69) is 10.2 Å². The predicted octanol–water partition coefficient (Wildman–Crippen LogP) is 3.13. The third-order valence-electron chi connectivity index (χ3n) is 3.83. The van der Waals surface area contributed by atoms with E-state index in [9.17, 15) is 4.79 Å². The van der Waals surface area contributed by atoms with Gasteiger partial charge in [-0.2, -0.15) is 5.10 Å². The number of carbonyl (C=O) groups excluding carboxylic acids is 1. The monoisotopic (exact) mass is 343 g/mol. The van der Waals surface area contributed by atoms with Crippen LogP contribution in [0.25, 0.3) is 6.08 Å². The normalized spacial score (nSPS) is 17.4. The molecule has 1 aliphatic rings. The van der Waals surface area contributed by atoms with Gasteiger partial charge < -0.3 is 9.64 Å². The summed E-state index contributed by atoms with van der Waals surface area (Å²) in [4.78, 5) is 14.0. The van der Waals surface area contributed by atoms with Gasteiger partial charge in [0.05, 0.1) is 12.2 Å². The van der Waals surface area contributed by atoms with Crippen molar-refractivity contribution in [2.45, 2.75) is 19.4 Å². The van der Waals surface area contributed by atoms with Crippen LogP contribution in [0.4, 0.5) is 0 Å². The van der Waals surface area contributed by atoms with Crippen LogP contribution in [0.2, 0.25) is 5.02 Å². The fourth-order valence-electron chi connectivity index (χ4n) is 2.52. The Balaban J connectivity index is 1.56. The maximum atomic E-state index is 12.3. The van der Waals surface area contributed by atoms with Crippen molar-refractivity contribution < 1.29 is 9.53 Å². The van der Waals surface area contributed by atoms with E-state index in [1.807, 2.05) is 31.2 Å². The molecule has 0 bridgehead atoms. The Hall–Kier alpha value is -2.40. The van der Waals surface area contributed by atoms with Gasteiger partial charge in [0, 0.05) is 30.1 Å². The average molecular weight is 344 g/mol. The first-order chi connectivity index (χ1) is 11.6. The standard InChI is InChI=1S/C18H18ClN3O2/c1-13-6-8-17(21-20-13)24-15-10-11-22(12-15)18(23)9-7-14-4-2-3-5-16(14)19/h2-9,15H,10-12H2,1H3/b9-7+. The highest BCUT2D eigenvalue weighted by atomic mass is 35.5. The largest absolute Gasteiger partial charge is 0.471 e. The van der Waals surface area contributed by atoms with E-state index in [1.165, 1.54) is 0 Å². The summed E-state index contributed by atoms with van der Waals surface area (Å²) in [5.74, 6) is 0.447. The van der Waals surface area contributed by atoms with Crippen LogP contribution in [0.3, 0.4) is 0 Å². The molecule has 2 aromatic rings. The van der Waals surface area contributed by atoms with Crippen molar-refractivity contribution in [2.24, 2.45) is 0 Å². The minimum Gasteiger partial charge on any atom is -0.471 e. The van der Waals surface area contributed by atoms with Gasteiger partial charge in [-0.15, -0.1) is 5.10 Å². The number of rotatable bonds is 4. The molecule has 1 fully saturated rings. The van der Waals surface area contributed by atoms with Crippen LogP contribution in [0, 0.1) is 6.92 Å². The van der Waals surface area contributed by atoms with Gasteiger partial charge in [0.15, 0.2) is 0 Å². The minimum atomic E-state index is -0.0559. The molecule has 0 radical (unpaired) electrons. The number of carbonyl (C=O) groups is 1. The molecule has 0 aliphatic carbocycles. The highest BCUT2D eigenvalue weighted by molar-refractivity contribution is 6.32. The lowest BCUT2D eigenvalue weighted by molar-refractivity contribution is -0.125. The Morgan fingerprint density at radius 1 is 1.29 bits per heavy atom. The molecule has 1 atom stereocenters. The van der Waals surface area contributed by atoms with Crippen molar-refractivity contribution in [1.29, 1.82) is 0 Å². The van der Waals surface area contributed by atoms with Gasteiger partial charge in [0.2, 0.25) is 11.8 Å². The molecule has 1 aromatic heterocycles. The van der Waals surface area contributed by atoms with Gasteiger partial charge in [-0.1, -0.05) is 29.8 Å². The fraction of sp³-hybridized carbons (Fsp3) is 0.278. The maximum absolute atomic E-state index is 12.3. The number of halogens is 1. The molecule has 0 N–H and O–H groups in total. The predicted molar refractivity (Wildman–Crippen MR) is 92.9 cm³/mol. The van der Waals surface area contributed by atoms with Gasteiger partial charge in [-0.05, 0) is 30.7 Å². The topological polar surface area (TPSA) is 55.3 Å². The van der Waals surface area contributed by atoms with E-state index in [1.54, 1.807) is 29.2 Å². The van der Waals surface area contributed by atoms with Crippen LogP contribution in [0.5, 0.6) is 5.88 Å². The first-order valence-electron chi connectivity index (χ1n) is 7.80. The van der Waals surface area contributed by atoms with E-state index in [-0.39, 0.29) is 12.0 Å². The first-order valence-corrected chi connectivity index (χ1v) is 8.18. The number of ether oxygens (including phenoxy) is 1. The first kappa shape index (κ1) is 16.5. The second kappa shape index (κ2) is 7.45. The summed E-state index contributed by atoms with van der Waals surface area (Å²) in [5, 5.41) is 8.59. The third-order valence-corrected chi connectivity index (χ3v) is 4.17. The number of nitrogens with zero attached hydrogens (tertiary/aromatic N) is 3. The van der Waals surface area contributed by atoms with Gasteiger partial charge >= 0.3 is 0 Å². The molecular weight excluding hydrogens is 326 g/mol. The summed E-state index contributed by atoms with van der Waals surface area (Å²) < 4.78 is 5.78. The van der Waals surface area contributed by atoms with E-state index in [4.69, 9.17) is 16.3 Å². The lowest BCUT2D eigenvalue weighted by atomic mass is 10.2. The number of amides is 1. The molecular formula is C18H18ClN3O2. The molecule has 0 spiro atoms. The summed E-state index contributed by atoms with van der Waals surface area (Å²) in [6, 6.07) is 11.1. The second-order valence-corrected chi connectivity index (χ2v) is 6.09. The zero-order valence-electron chi connectivity index (χ0n) is 13.4. The molecule has 124 valence electrons. The van der Waals surface area contributed by atoms with Gasteiger partial charge in [-0.3, -0.25) is 4.79 Å². The third kappa shape index (κ3) is 4.11. The molecule has 3 rings (SSSR count). The molecule has 24 heavy (non-hydrogen) atoms. The fourth-order valence-corrected chi connectivity index (χ4v) is 2.72. The van der Waals surface area contributed by atoms with E-state index in [0.717, 1.165) is 17.7 Å². The van der Waals surface area contributed by atoms with Gasteiger partial charge in [-0.25, -0.2) is 0 Å². The molecule has 5 nitrogen and oxygen atoms in total. The summed E-state index contributed by atoms with van der Waals surface area (Å²) in [7, 11) is 0. The quantitative estimate of drug-likeness (QED) is 0.800. The smallest absolute Gasteiger partial charge is 0.246 e. The van der Waals surface area contributed by atoms with E-state index >= 15 is 0 Å². The second-order valence-electron chi connectivity index (χ2n) is 5.68. The lowest BCUT2D eigenvalue weighted by Gasteiger charge is -2.15. The minimum absolute atomic E-state index is 0.0454. The number of likely N-dealkylation sites (tertiary alicyclic amines) is 1. The van der Waals surface area contributed by atoms with Crippen molar-refractivity contribution in [2.75, 3.05) is 13.1 Å². The lowest BCUT2D eigenvalue weighted by Crippen LogP contribution is -2.29. The van der Waals surface area contributed by atoms with Crippen molar-refractivity contribution in [3.63, 3.8) is 0 Å². The zero-order chi connectivity index (χ0) is 16.9. The number of hydrogen-bond donors (Lipinski definition) is 0. The molecule has 1 unspecified atom stereocenters. The molecule has 1 aromatic carbocycles. The summed E-state index contributed by atoms with van der Waals surface area (Å²) in [5.41, 5.74) is 1.67. The molecule has 0 saturated carbocycles. The molecule has 2 heterocycles. The summed E-state index contributed by atoms with van der Waals surface area (Å²) in [6.07, 6.45) is 4.01. The Labute approximate surface area is 145 Å². The van der Waals surface area contributed by atoms with Crippen molar-refractivity contribution >= 4 is 23.6 Å². The maximum Gasteiger partial charge on any atom is 0.246 e. The highest BCUT2D eigenvalue weighted by Crippen LogP contribution is 2.18. The van der Waals surface area contributed by atoms with E-state index in [0.29, 0.717) is 24.0 Å². The number of aryl methyl sites for hydroxylation is 1. The molecule has 1 saturated heterocycles. The number of benzene rings is 1. The Bertz CT molecular complexity index is 746. The Morgan fingerprint density at radius 2 is 2.12 bits per heavy atom. The Kier molecular flexibility index (Phi) is 5.11. The van der Waals surface area contributed by atoms with Crippen LogP contribution in [-0.2, 0) is 4.79 Å². The van der Waals surface area contributed by atoms with Crippen molar-refractivity contribution in [3.05, 3.63) is 58.8 Å². The zero-order valence-corrected chi connectivity index (χ0v) is 14.1. The summed E-state index contributed by atoms with van der Waals surface area (Å²) >= 11 is 6.08. The summed E-state index contributed by atoms with van der Waals surface area (Å²) in [6.45, 7) is 3.08. The van der Waals surface area contributed by atoms with Crippen LogP contribution in [-0.4, -0.2) is 40.2 Å². The van der Waals surface area contributed by atoms with Gasteiger partial charge in [0.25, 0.3) is 0 Å². The molecule has 6 heteroatoms. The van der Waals surface area contributed by atoms with Crippen LogP contribution >= 0.6 is 11.6 Å².